The average molecular weight is 287 g/mol. The Labute approximate surface area is 125 Å². The van der Waals surface area contributed by atoms with Crippen LogP contribution in [0.1, 0.15) is 6.92 Å². The first kappa shape index (κ1) is 15.0. The third-order valence-corrected chi connectivity index (χ3v) is 3.08. The molecule has 0 aromatic heterocycles. The number of ether oxygens (including phenoxy) is 3. The lowest BCUT2D eigenvalue weighted by Gasteiger charge is -2.17. The topological polar surface area (TPSA) is 39.7 Å². The van der Waals surface area contributed by atoms with E-state index >= 15 is 0 Å². The molecule has 0 bridgehead atoms. The van der Waals surface area contributed by atoms with Crippen LogP contribution in [0.3, 0.4) is 0 Å². The highest BCUT2D eigenvalue weighted by Crippen LogP contribution is 2.23. The summed E-state index contributed by atoms with van der Waals surface area (Å²) in [6.45, 7) is 2.71. The van der Waals surface area contributed by atoms with Crippen molar-refractivity contribution >= 4 is 5.69 Å². The fourth-order valence-electron chi connectivity index (χ4n) is 1.97. The van der Waals surface area contributed by atoms with E-state index in [1.165, 1.54) is 0 Å². The highest BCUT2D eigenvalue weighted by Gasteiger charge is 2.06. The molecule has 0 saturated carbocycles. The second-order valence-electron chi connectivity index (χ2n) is 4.69. The van der Waals surface area contributed by atoms with Crippen molar-refractivity contribution in [3.05, 3.63) is 48.5 Å². The molecule has 2 aromatic rings. The van der Waals surface area contributed by atoms with Gasteiger partial charge >= 0.3 is 0 Å². The zero-order chi connectivity index (χ0) is 15.1. The summed E-state index contributed by atoms with van der Waals surface area (Å²) >= 11 is 0. The highest BCUT2D eigenvalue weighted by atomic mass is 16.5. The fourth-order valence-corrected chi connectivity index (χ4v) is 1.97. The molecule has 1 atom stereocenters. The molecule has 4 heteroatoms. The molecule has 0 radical (unpaired) electrons. The van der Waals surface area contributed by atoms with Gasteiger partial charge in [-0.3, -0.25) is 0 Å². The van der Waals surface area contributed by atoms with Gasteiger partial charge in [-0.2, -0.15) is 0 Å². The van der Waals surface area contributed by atoms with Crippen LogP contribution in [-0.4, -0.2) is 26.9 Å². The fraction of sp³-hybridized carbons (Fsp3) is 0.294. The Morgan fingerprint density at radius 2 is 1.57 bits per heavy atom. The maximum atomic E-state index is 5.85. The molecule has 0 spiro atoms. The van der Waals surface area contributed by atoms with Crippen molar-refractivity contribution in [2.45, 2.75) is 13.0 Å². The van der Waals surface area contributed by atoms with Crippen molar-refractivity contribution in [1.82, 2.24) is 0 Å². The van der Waals surface area contributed by atoms with Gasteiger partial charge in [-0.15, -0.1) is 0 Å². The van der Waals surface area contributed by atoms with Crippen molar-refractivity contribution in [3.63, 3.8) is 0 Å². The lowest BCUT2D eigenvalue weighted by molar-refractivity contribution is 0.234. The van der Waals surface area contributed by atoms with Gasteiger partial charge in [0.25, 0.3) is 0 Å². The molecule has 0 saturated heterocycles. The molecule has 2 aromatic carbocycles. The second kappa shape index (κ2) is 7.43. The highest BCUT2D eigenvalue weighted by molar-refractivity contribution is 5.56. The smallest absolute Gasteiger partial charge is 0.141 e. The van der Waals surface area contributed by atoms with E-state index in [0.29, 0.717) is 6.54 Å². The number of anilines is 1. The second-order valence-corrected chi connectivity index (χ2v) is 4.69. The molecular formula is C17H21NO3. The Morgan fingerprint density at radius 1 is 0.905 bits per heavy atom. The van der Waals surface area contributed by atoms with Crippen LogP contribution < -0.4 is 19.5 Å². The molecule has 2 rings (SSSR count). The molecule has 21 heavy (non-hydrogen) atoms. The van der Waals surface area contributed by atoms with Gasteiger partial charge in [0, 0.05) is 0 Å². The van der Waals surface area contributed by atoms with Crippen molar-refractivity contribution in [2.24, 2.45) is 0 Å². The van der Waals surface area contributed by atoms with Gasteiger partial charge in [0.2, 0.25) is 0 Å². The SMILES string of the molecule is COc1ccc(OC(C)CNc2ccccc2OC)cc1. The number of hydrogen-bond acceptors (Lipinski definition) is 4. The Hall–Kier alpha value is -2.36. The largest absolute Gasteiger partial charge is 0.497 e. The summed E-state index contributed by atoms with van der Waals surface area (Å²) in [5, 5.41) is 3.33. The zero-order valence-electron chi connectivity index (χ0n) is 12.6. The summed E-state index contributed by atoms with van der Waals surface area (Å²) in [4.78, 5) is 0. The van der Waals surface area contributed by atoms with Gasteiger partial charge in [-0.25, -0.2) is 0 Å². The lowest BCUT2D eigenvalue weighted by atomic mass is 10.2. The van der Waals surface area contributed by atoms with E-state index in [1.54, 1.807) is 14.2 Å². The molecule has 1 unspecified atom stereocenters. The van der Waals surface area contributed by atoms with Gasteiger partial charge in [-0.1, -0.05) is 12.1 Å². The maximum Gasteiger partial charge on any atom is 0.141 e. The third-order valence-electron chi connectivity index (χ3n) is 3.08. The summed E-state index contributed by atoms with van der Waals surface area (Å²) in [7, 11) is 3.31. The normalized spacial score (nSPS) is 11.6. The monoisotopic (exact) mass is 287 g/mol. The first-order chi connectivity index (χ1) is 10.2. The van der Waals surface area contributed by atoms with E-state index in [9.17, 15) is 0 Å². The molecule has 1 N–H and O–H groups in total. The van der Waals surface area contributed by atoms with Gasteiger partial charge in [0.1, 0.15) is 23.4 Å². The van der Waals surface area contributed by atoms with Gasteiger partial charge < -0.3 is 19.5 Å². The van der Waals surface area contributed by atoms with Crippen LogP contribution in [0.5, 0.6) is 17.2 Å². The van der Waals surface area contributed by atoms with Gasteiger partial charge in [-0.05, 0) is 43.3 Å². The third kappa shape index (κ3) is 4.31. The van der Waals surface area contributed by atoms with Crippen LogP contribution >= 0.6 is 0 Å². The number of para-hydroxylation sites is 2. The zero-order valence-corrected chi connectivity index (χ0v) is 12.6. The van der Waals surface area contributed by atoms with Crippen molar-refractivity contribution in [2.75, 3.05) is 26.1 Å². The molecule has 0 amide bonds. The van der Waals surface area contributed by atoms with Crippen molar-refractivity contribution < 1.29 is 14.2 Å². The summed E-state index contributed by atoms with van der Waals surface area (Å²) in [6, 6.07) is 15.4. The number of rotatable bonds is 7. The number of hydrogen-bond donors (Lipinski definition) is 1. The van der Waals surface area contributed by atoms with Crippen LogP contribution in [-0.2, 0) is 0 Å². The standard InChI is InChI=1S/C17H21NO3/c1-13(21-15-10-8-14(19-2)9-11-15)12-18-16-6-4-5-7-17(16)20-3/h4-11,13,18H,12H2,1-3H3. The van der Waals surface area contributed by atoms with Crippen LogP contribution in [0.2, 0.25) is 0 Å². The quantitative estimate of drug-likeness (QED) is 0.845. The van der Waals surface area contributed by atoms with E-state index in [-0.39, 0.29) is 6.10 Å². The van der Waals surface area contributed by atoms with Crippen molar-refractivity contribution in [3.8, 4) is 17.2 Å². The molecule has 0 aliphatic carbocycles. The molecular weight excluding hydrogens is 266 g/mol. The summed E-state index contributed by atoms with van der Waals surface area (Å²) in [5.74, 6) is 2.47. The molecule has 0 aliphatic rings. The number of methoxy groups -OCH3 is 2. The maximum absolute atomic E-state index is 5.85. The summed E-state index contributed by atoms with van der Waals surface area (Å²) < 4.78 is 16.3. The Kier molecular flexibility index (Phi) is 5.32. The first-order valence-electron chi connectivity index (χ1n) is 6.90. The van der Waals surface area contributed by atoms with Crippen LogP contribution in [0.15, 0.2) is 48.5 Å². The molecule has 112 valence electrons. The van der Waals surface area contributed by atoms with Crippen molar-refractivity contribution in [1.29, 1.82) is 0 Å². The number of benzene rings is 2. The lowest BCUT2D eigenvalue weighted by Crippen LogP contribution is -2.22. The van der Waals surface area contributed by atoms with E-state index in [2.05, 4.69) is 5.32 Å². The number of nitrogens with one attached hydrogen (secondary N) is 1. The van der Waals surface area contributed by atoms with Crippen LogP contribution in [0.25, 0.3) is 0 Å². The molecule has 0 fully saturated rings. The summed E-state index contributed by atoms with van der Waals surface area (Å²) in [6.07, 6.45) is 0.0308. The molecule has 0 aliphatic heterocycles. The van der Waals surface area contributed by atoms with E-state index in [1.807, 2.05) is 55.5 Å². The minimum absolute atomic E-state index is 0.0308. The Morgan fingerprint density at radius 3 is 2.24 bits per heavy atom. The average Bonchev–Trinajstić information content (AvgIpc) is 2.54. The predicted octanol–water partition coefficient (Wildman–Crippen LogP) is 3.58. The molecule has 0 heterocycles. The summed E-state index contributed by atoms with van der Waals surface area (Å²) in [5.41, 5.74) is 0.963. The minimum atomic E-state index is 0.0308. The Balaban J connectivity index is 1.87. The minimum Gasteiger partial charge on any atom is -0.497 e. The predicted molar refractivity (Wildman–Crippen MR) is 84.6 cm³/mol. The van der Waals surface area contributed by atoms with Crippen LogP contribution in [0.4, 0.5) is 5.69 Å². The van der Waals surface area contributed by atoms with E-state index in [4.69, 9.17) is 14.2 Å². The van der Waals surface area contributed by atoms with E-state index < -0.39 is 0 Å². The first-order valence-corrected chi connectivity index (χ1v) is 6.90. The molecule has 4 nitrogen and oxygen atoms in total. The van der Waals surface area contributed by atoms with Gasteiger partial charge in [0.05, 0.1) is 26.5 Å². The van der Waals surface area contributed by atoms with Crippen LogP contribution in [0, 0.1) is 0 Å². The van der Waals surface area contributed by atoms with Gasteiger partial charge in [0.15, 0.2) is 0 Å². The van der Waals surface area contributed by atoms with E-state index in [0.717, 1.165) is 22.9 Å². The Bertz CT molecular complexity index is 554.